The number of thioether (sulfide) groups is 1. The molecule has 0 aliphatic carbocycles. The van der Waals surface area contributed by atoms with E-state index in [9.17, 15) is 10.1 Å². The molecule has 0 aliphatic heterocycles. The quantitative estimate of drug-likeness (QED) is 0.353. The van der Waals surface area contributed by atoms with E-state index in [0.717, 1.165) is 22.1 Å². The smallest absolute Gasteiger partial charge is 0.269 e. The molecule has 1 aromatic heterocycles. The van der Waals surface area contributed by atoms with Crippen LogP contribution in [0.15, 0.2) is 53.7 Å². The van der Waals surface area contributed by atoms with Crippen LogP contribution >= 0.6 is 11.8 Å². The minimum absolute atomic E-state index is 0.102. The Morgan fingerprint density at radius 1 is 1.11 bits per heavy atom. The van der Waals surface area contributed by atoms with Crippen LogP contribution in [0, 0.1) is 10.1 Å². The molecule has 0 aliphatic rings. The van der Waals surface area contributed by atoms with Crippen molar-refractivity contribution in [2.45, 2.75) is 37.1 Å². The first-order chi connectivity index (χ1) is 12.8. The summed E-state index contributed by atoms with van der Waals surface area (Å²) in [6, 6.07) is 15.1. The Morgan fingerprint density at radius 2 is 1.81 bits per heavy atom. The van der Waals surface area contributed by atoms with Crippen molar-refractivity contribution in [3.63, 3.8) is 0 Å². The fourth-order valence-electron chi connectivity index (χ4n) is 2.72. The summed E-state index contributed by atoms with van der Waals surface area (Å²) in [6.45, 7) is 6.56. The van der Waals surface area contributed by atoms with Gasteiger partial charge in [-0.3, -0.25) is 10.1 Å². The Bertz CT molecular complexity index is 959. The molecular formula is C20H22N4O2S. The number of hydrogen-bond donors (Lipinski definition) is 0. The number of nitro groups is 1. The fourth-order valence-corrected chi connectivity index (χ4v) is 3.57. The molecular weight excluding hydrogens is 360 g/mol. The Hall–Kier alpha value is -2.67. The van der Waals surface area contributed by atoms with Crippen LogP contribution in [-0.2, 0) is 18.2 Å². The van der Waals surface area contributed by atoms with Gasteiger partial charge in [-0.1, -0.05) is 68.9 Å². The number of hydrogen-bond acceptors (Lipinski definition) is 5. The van der Waals surface area contributed by atoms with Gasteiger partial charge in [-0.25, -0.2) is 0 Å². The second-order valence-electron chi connectivity index (χ2n) is 7.41. The zero-order valence-electron chi connectivity index (χ0n) is 15.8. The van der Waals surface area contributed by atoms with Gasteiger partial charge < -0.3 is 4.57 Å². The molecule has 140 valence electrons. The van der Waals surface area contributed by atoms with E-state index >= 15 is 0 Å². The Kier molecular flexibility index (Phi) is 5.32. The number of nitro benzene ring substituents is 1. The molecule has 0 spiro atoms. The van der Waals surface area contributed by atoms with E-state index in [2.05, 4.69) is 55.2 Å². The zero-order chi connectivity index (χ0) is 19.6. The average Bonchev–Trinajstić information content (AvgIpc) is 3.00. The van der Waals surface area contributed by atoms with Gasteiger partial charge in [-0.05, 0) is 16.5 Å². The van der Waals surface area contributed by atoms with Crippen LogP contribution in [0.3, 0.4) is 0 Å². The van der Waals surface area contributed by atoms with Gasteiger partial charge >= 0.3 is 0 Å². The highest BCUT2D eigenvalue weighted by Crippen LogP contribution is 2.28. The van der Waals surface area contributed by atoms with Crippen molar-refractivity contribution in [3.8, 4) is 11.4 Å². The maximum absolute atomic E-state index is 10.9. The van der Waals surface area contributed by atoms with E-state index in [4.69, 9.17) is 0 Å². The number of benzene rings is 2. The highest BCUT2D eigenvalue weighted by Gasteiger charge is 2.16. The Morgan fingerprint density at radius 3 is 2.44 bits per heavy atom. The van der Waals surface area contributed by atoms with Gasteiger partial charge in [-0.2, -0.15) is 0 Å². The van der Waals surface area contributed by atoms with Crippen molar-refractivity contribution in [3.05, 3.63) is 69.8 Å². The van der Waals surface area contributed by atoms with Crippen LogP contribution in [0.5, 0.6) is 0 Å². The first-order valence-electron chi connectivity index (χ1n) is 8.62. The summed E-state index contributed by atoms with van der Waals surface area (Å²) in [5.74, 6) is 1.40. The Balaban J connectivity index is 1.76. The van der Waals surface area contributed by atoms with E-state index in [1.807, 2.05) is 17.7 Å². The molecule has 27 heavy (non-hydrogen) atoms. The van der Waals surface area contributed by atoms with Crippen LogP contribution in [0.25, 0.3) is 11.4 Å². The van der Waals surface area contributed by atoms with Crippen LogP contribution < -0.4 is 0 Å². The summed E-state index contributed by atoms with van der Waals surface area (Å²) >= 11 is 1.51. The van der Waals surface area contributed by atoms with E-state index < -0.39 is 0 Å². The van der Waals surface area contributed by atoms with Gasteiger partial charge in [0.25, 0.3) is 5.69 Å². The summed E-state index contributed by atoms with van der Waals surface area (Å²) in [5, 5.41) is 20.3. The van der Waals surface area contributed by atoms with Crippen LogP contribution in [0.1, 0.15) is 31.9 Å². The molecule has 0 saturated carbocycles. The first-order valence-corrected chi connectivity index (χ1v) is 9.61. The summed E-state index contributed by atoms with van der Waals surface area (Å²) in [7, 11) is 1.93. The molecule has 0 amide bonds. The van der Waals surface area contributed by atoms with E-state index in [-0.39, 0.29) is 16.0 Å². The van der Waals surface area contributed by atoms with E-state index in [0.29, 0.717) is 5.75 Å². The standard InChI is InChI=1S/C20H22N4O2S/c1-20(2,3)16-10-8-15(9-11-16)18-21-22-19(23(18)4)27-13-14-6-5-7-17(12-14)24(25)26/h5-12H,13H2,1-4H3. The first kappa shape index (κ1) is 19.1. The number of aromatic nitrogens is 3. The van der Waals surface area contributed by atoms with Gasteiger partial charge in [0.1, 0.15) is 0 Å². The van der Waals surface area contributed by atoms with E-state index in [1.165, 1.54) is 23.4 Å². The molecule has 0 radical (unpaired) electrons. The van der Waals surface area contributed by atoms with Crippen molar-refractivity contribution < 1.29 is 4.92 Å². The van der Waals surface area contributed by atoms with Crippen molar-refractivity contribution >= 4 is 17.4 Å². The zero-order valence-corrected chi connectivity index (χ0v) is 16.7. The second kappa shape index (κ2) is 7.52. The lowest BCUT2D eigenvalue weighted by Crippen LogP contribution is -2.10. The van der Waals surface area contributed by atoms with Gasteiger partial charge in [-0.15, -0.1) is 10.2 Å². The molecule has 0 atom stereocenters. The van der Waals surface area contributed by atoms with Gasteiger partial charge in [0.2, 0.25) is 0 Å². The average molecular weight is 382 g/mol. The van der Waals surface area contributed by atoms with Gasteiger partial charge in [0.05, 0.1) is 4.92 Å². The molecule has 3 aromatic rings. The van der Waals surface area contributed by atoms with Crippen LogP contribution in [0.2, 0.25) is 0 Å². The molecule has 0 unspecified atom stereocenters. The maximum atomic E-state index is 10.9. The molecule has 0 bridgehead atoms. The third kappa shape index (κ3) is 4.36. The molecule has 2 aromatic carbocycles. The van der Waals surface area contributed by atoms with Crippen molar-refractivity contribution in [1.82, 2.24) is 14.8 Å². The topological polar surface area (TPSA) is 73.8 Å². The third-order valence-corrected chi connectivity index (χ3v) is 5.42. The lowest BCUT2D eigenvalue weighted by molar-refractivity contribution is -0.384. The highest BCUT2D eigenvalue weighted by molar-refractivity contribution is 7.98. The molecule has 0 saturated heterocycles. The van der Waals surface area contributed by atoms with E-state index in [1.54, 1.807) is 12.1 Å². The normalized spacial score (nSPS) is 11.6. The van der Waals surface area contributed by atoms with Crippen LogP contribution in [0.4, 0.5) is 5.69 Å². The minimum Gasteiger partial charge on any atom is -0.305 e. The Labute approximate surface area is 162 Å². The van der Waals surface area contributed by atoms with Crippen molar-refractivity contribution in [2.75, 3.05) is 0 Å². The SMILES string of the molecule is Cn1c(SCc2cccc([N+](=O)[O-])c2)nnc1-c1ccc(C(C)(C)C)cc1. The molecule has 0 fully saturated rings. The molecule has 6 nitrogen and oxygen atoms in total. The monoisotopic (exact) mass is 382 g/mol. The number of nitrogens with zero attached hydrogens (tertiary/aromatic N) is 4. The lowest BCUT2D eigenvalue weighted by atomic mass is 9.87. The summed E-state index contributed by atoms with van der Waals surface area (Å²) in [6.07, 6.45) is 0. The number of rotatable bonds is 5. The summed E-state index contributed by atoms with van der Waals surface area (Å²) in [5.41, 5.74) is 3.38. The van der Waals surface area contributed by atoms with Crippen LogP contribution in [-0.4, -0.2) is 19.7 Å². The lowest BCUT2D eigenvalue weighted by Gasteiger charge is -2.19. The molecule has 1 heterocycles. The fraction of sp³-hybridized carbons (Fsp3) is 0.300. The van der Waals surface area contributed by atoms with Crippen molar-refractivity contribution in [2.24, 2.45) is 7.05 Å². The summed E-state index contributed by atoms with van der Waals surface area (Å²) in [4.78, 5) is 10.5. The minimum atomic E-state index is -0.379. The molecule has 3 rings (SSSR count). The van der Waals surface area contributed by atoms with Gasteiger partial charge in [0, 0.05) is 30.5 Å². The molecule has 0 N–H and O–H groups in total. The summed E-state index contributed by atoms with van der Waals surface area (Å²) < 4.78 is 1.95. The third-order valence-electron chi connectivity index (χ3n) is 4.33. The predicted molar refractivity (Wildman–Crippen MR) is 108 cm³/mol. The van der Waals surface area contributed by atoms with Gasteiger partial charge in [0.15, 0.2) is 11.0 Å². The predicted octanol–water partition coefficient (Wildman–Crippen LogP) is 4.98. The largest absolute Gasteiger partial charge is 0.305 e. The number of non-ortho nitro benzene ring substituents is 1. The molecule has 7 heteroatoms. The van der Waals surface area contributed by atoms with Crippen molar-refractivity contribution in [1.29, 1.82) is 0 Å². The maximum Gasteiger partial charge on any atom is 0.269 e. The highest BCUT2D eigenvalue weighted by atomic mass is 32.2. The second-order valence-corrected chi connectivity index (χ2v) is 8.35.